The van der Waals surface area contributed by atoms with Gasteiger partial charge in [-0.1, -0.05) is 335 Å². The van der Waals surface area contributed by atoms with Gasteiger partial charge in [0.2, 0.25) is 5.91 Å². The highest BCUT2D eigenvalue weighted by atomic mass is 16.7. The van der Waals surface area contributed by atoms with E-state index in [1.807, 2.05) is 0 Å². The van der Waals surface area contributed by atoms with E-state index in [1.54, 1.807) is 0 Å². The van der Waals surface area contributed by atoms with Crippen LogP contribution in [0, 0.1) is 0 Å². The maximum atomic E-state index is 13.2. The van der Waals surface area contributed by atoms with Crippen molar-refractivity contribution < 1.29 is 50.0 Å². The lowest BCUT2D eigenvalue weighted by atomic mass is 9.98. The highest BCUT2D eigenvalue weighted by Crippen LogP contribution is 2.24. The topological polar surface area (TPSA) is 189 Å². The Morgan fingerprint density at radius 3 is 0.961 bits per heavy atom. The molecule has 0 aromatic carbocycles. The maximum absolute atomic E-state index is 13.2. The molecule has 11 nitrogen and oxygen atoms in total. The summed E-state index contributed by atoms with van der Waals surface area (Å²) in [4.78, 5) is 13.2. The minimum Gasteiger partial charge on any atom is -0.394 e. The van der Waals surface area contributed by atoms with Crippen LogP contribution in [-0.2, 0) is 14.3 Å². The number of unbranched alkanes of at least 4 members (excludes halogenated alkanes) is 48. The molecule has 0 aromatic rings. The molecule has 1 amide bonds. The first-order valence-electron chi connectivity index (χ1n) is 33.9. The first-order valence-corrected chi connectivity index (χ1v) is 33.9. The maximum Gasteiger partial charge on any atom is 0.249 e. The lowest BCUT2D eigenvalue weighted by Gasteiger charge is -2.40. The van der Waals surface area contributed by atoms with E-state index < -0.39 is 74.2 Å². The third kappa shape index (κ3) is 43.5. The number of nitrogens with one attached hydrogen (secondary N) is 1. The van der Waals surface area contributed by atoms with Crippen molar-refractivity contribution in [3.8, 4) is 0 Å². The lowest BCUT2D eigenvalue weighted by Crippen LogP contribution is -2.60. The van der Waals surface area contributed by atoms with Gasteiger partial charge in [0.15, 0.2) is 6.29 Å². The Kier molecular flexibility index (Phi) is 53.6. The molecule has 8 N–H and O–H groups in total. The van der Waals surface area contributed by atoms with Crippen LogP contribution in [-0.4, -0.2) is 110 Å². The first kappa shape index (κ1) is 74.1. The van der Waals surface area contributed by atoms with Gasteiger partial charge in [-0.15, -0.1) is 0 Å². The summed E-state index contributed by atoms with van der Waals surface area (Å²) >= 11 is 0. The third-order valence-electron chi connectivity index (χ3n) is 16.9. The summed E-state index contributed by atoms with van der Waals surface area (Å²) < 4.78 is 11.2. The minimum atomic E-state index is -1.66. The highest BCUT2D eigenvalue weighted by molar-refractivity contribution is 5.80. The molecule has 1 aliphatic heterocycles. The van der Waals surface area contributed by atoms with Crippen molar-refractivity contribution in [3.05, 3.63) is 0 Å². The van der Waals surface area contributed by atoms with Crippen molar-refractivity contribution in [2.24, 2.45) is 0 Å². The molecule has 9 unspecified atom stereocenters. The number of ether oxygens (including phenoxy) is 2. The quantitative estimate of drug-likeness (QED) is 0.0272. The van der Waals surface area contributed by atoms with Crippen LogP contribution in [0.5, 0.6) is 0 Å². The average Bonchev–Trinajstić information content (AvgIpc) is 3.43. The van der Waals surface area contributed by atoms with E-state index in [-0.39, 0.29) is 6.42 Å². The van der Waals surface area contributed by atoms with Gasteiger partial charge in [-0.3, -0.25) is 4.79 Å². The van der Waals surface area contributed by atoms with Gasteiger partial charge in [-0.2, -0.15) is 0 Å². The number of carbonyl (C=O) groups excluding carboxylic acids is 1. The third-order valence-corrected chi connectivity index (χ3v) is 16.9. The number of aliphatic hydroxyl groups is 7. The Hall–Kier alpha value is -0.890. The van der Waals surface area contributed by atoms with Crippen LogP contribution in [0.2, 0.25) is 0 Å². The fourth-order valence-corrected chi connectivity index (χ4v) is 11.4. The van der Waals surface area contributed by atoms with Crippen molar-refractivity contribution in [1.82, 2.24) is 5.32 Å². The van der Waals surface area contributed by atoms with E-state index in [4.69, 9.17) is 9.47 Å². The van der Waals surface area contributed by atoms with E-state index in [1.165, 1.54) is 270 Å². The monoisotopic (exact) mass is 1100 g/mol. The molecule has 0 bridgehead atoms. The standard InChI is InChI=1S/C66H131NO10/c1-3-5-7-9-11-13-15-17-19-21-23-25-27-28-29-30-31-32-34-35-37-39-41-43-45-47-49-51-53-58(69)61(71)57(56-76-66-64(74)63(73)62(72)60(55-68)77-66)67-65(75)59(70)54-52-50-48-46-44-42-40-38-36-33-26-24-22-20-18-16-14-12-10-8-6-4-2/h57-64,66,68-74H,3-56H2,1-2H3,(H,67,75). The van der Waals surface area contributed by atoms with E-state index in [2.05, 4.69) is 19.2 Å². The van der Waals surface area contributed by atoms with Gasteiger partial charge in [-0.25, -0.2) is 0 Å². The van der Waals surface area contributed by atoms with Gasteiger partial charge in [0.25, 0.3) is 0 Å². The van der Waals surface area contributed by atoms with Crippen LogP contribution in [0.3, 0.4) is 0 Å². The molecule has 1 fully saturated rings. The second-order valence-corrected chi connectivity index (χ2v) is 24.3. The highest BCUT2D eigenvalue weighted by Gasteiger charge is 2.44. The normalized spacial score (nSPS) is 19.4. The van der Waals surface area contributed by atoms with Crippen LogP contribution >= 0.6 is 0 Å². The molecule has 11 heteroatoms. The van der Waals surface area contributed by atoms with Crippen molar-refractivity contribution in [3.63, 3.8) is 0 Å². The molecular formula is C66H131NO10. The second-order valence-electron chi connectivity index (χ2n) is 24.3. The van der Waals surface area contributed by atoms with Crippen molar-refractivity contribution >= 4 is 5.91 Å². The van der Waals surface area contributed by atoms with Gasteiger partial charge in [0.05, 0.1) is 25.4 Å². The molecule has 1 saturated heterocycles. The van der Waals surface area contributed by atoms with Gasteiger partial charge in [0.1, 0.15) is 36.6 Å². The van der Waals surface area contributed by atoms with Crippen LogP contribution < -0.4 is 5.32 Å². The Morgan fingerprint density at radius 2 is 0.675 bits per heavy atom. The number of hydrogen-bond acceptors (Lipinski definition) is 10. The predicted molar refractivity (Wildman–Crippen MR) is 321 cm³/mol. The molecule has 0 aliphatic carbocycles. The Bertz CT molecular complexity index is 1210. The van der Waals surface area contributed by atoms with Gasteiger partial charge in [-0.05, 0) is 12.8 Å². The van der Waals surface area contributed by atoms with Gasteiger partial charge in [0, 0.05) is 0 Å². The molecule has 0 saturated carbocycles. The zero-order chi connectivity index (χ0) is 56.1. The van der Waals surface area contributed by atoms with Gasteiger partial charge < -0.3 is 50.5 Å². The number of hydrogen-bond donors (Lipinski definition) is 8. The SMILES string of the molecule is CCCCCCCCCCCCCCCCCCCCCCCCCCCCCCC(O)C(O)C(COC1OC(CO)C(O)C(O)C1O)NC(=O)C(O)CCCCCCCCCCCCCCCCCCCCCCCC. The number of rotatable bonds is 60. The Balaban J connectivity index is 2.20. The number of aliphatic hydroxyl groups excluding tert-OH is 7. The summed E-state index contributed by atoms with van der Waals surface area (Å²) in [5.74, 6) is -0.687. The fourth-order valence-electron chi connectivity index (χ4n) is 11.4. The first-order chi connectivity index (χ1) is 37.7. The van der Waals surface area contributed by atoms with Gasteiger partial charge >= 0.3 is 0 Å². The Morgan fingerprint density at radius 1 is 0.403 bits per heavy atom. The van der Waals surface area contributed by atoms with Crippen molar-refractivity contribution in [1.29, 1.82) is 0 Å². The van der Waals surface area contributed by atoms with Crippen LogP contribution in [0.25, 0.3) is 0 Å². The lowest BCUT2D eigenvalue weighted by molar-refractivity contribution is -0.303. The van der Waals surface area contributed by atoms with Crippen molar-refractivity contribution in [2.75, 3.05) is 13.2 Å². The summed E-state index contributed by atoms with van der Waals surface area (Å²) in [7, 11) is 0. The molecule has 9 atom stereocenters. The molecule has 0 radical (unpaired) electrons. The van der Waals surface area contributed by atoms with Crippen molar-refractivity contribution in [2.45, 2.75) is 403 Å². The molecule has 0 spiro atoms. The zero-order valence-electron chi connectivity index (χ0n) is 50.7. The summed E-state index contributed by atoms with van der Waals surface area (Å²) in [5, 5.41) is 76.5. The molecule has 1 aliphatic rings. The molecule has 77 heavy (non-hydrogen) atoms. The van der Waals surface area contributed by atoms with E-state index >= 15 is 0 Å². The smallest absolute Gasteiger partial charge is 0.249 e. The summed E-state index contributed by atoms with van der Waals surface area (Å²) in [6.07, 6.45) is 54.6. The molecule has 0 aromatic heterocycles. The Labute approximate surface area is 475 Å². The van der Waals surface area contributed by atoms with E-state index in [9.17, 15) is 40.5 Å². The van der Waals surface area contributed by atoms with Crippen LogP contribution in [0.4, 0.5) is 0 Å². The van der Waals surface area contributed by atoms with E-state index in [0.29, 0.717) is 19.3 Å². The molecule has 460 valence electrons. The molecular weight excluding hydrogens is 967 g/mol. The molecule has 1 rings (SSSR count). The zero-order valence-corrected chi connectivity index (χ0v) is 50.7. The summed E-state index contributed by atoms with van der Waals surface area (Å²) in [5.41, 5.74) is 0. The average molecular weight is 1100 g/mol. The summed E-state index contributed by atoms with van der Waals surface area (Å²) in [6, 6.07) is -1.16. The van der Waals surface area contributed by atoms with E-state index in [0.717, 1.165) is 38.5 Å². The van der Waals surface area contributed by atoms with Crippen LogP contribution in [0.15, 0.2) is 0 Å². The predicted octanol–water partition coefficient (Wildman–Crippen LogP) is 15.7. The summed E-state index contributed by atoms with van der Waals surface area (Å²) in [6.45, 7) is 3.52. The second kappa shape index (κ2) is 55.6. The largest absolute Gasteiger partial charge is 0.394 e. The number of amides is 1. The molecule has 1 heterocycles. The number of carbonyl (C=O) groups is 1. The van der Waals surface area contributed by atoms with Crippen LogP contribution in [0.1, 0.15) is 348 Å². The fraction of sp³-hybridized carbons (Fsp3) is 0.985. The minimum absolute atomic E-state index is 0.267.